The van der Waals surface area contributed by atoms with Crippen LogP contribution in [0.4, 0.5) is 4.79 Å². The van der Waals surface area contributed by atoms with Gasteiger partial charge < -0.3 is 19.5 Å². The molecule has 146 valence electrons. The van der Waals surface area contributed by atoms with Crippen molar-refractivity contribution in [1.29, 1.82) is 0 Å². The van der Waals surface area contributed by atoms with E-state index in [4.69, 9.17) is 9.26 Å². The third kappa shape index (κ3) is 7.55. The second kappa shape index (κ2) is 10.9. The third-order valence-electron chi connectivity index (χ3n) is 3.94. The molecule has 2 atom stereocenters. The van der Waals surface area contributed by atoms with Crippen molar-refractivity contribution in [2.75, 3.05) is 6.61 Å². The molecule has 0 aliphatic heterocycles. The number of nitrogens with one attached hydrogen (secondary N) is 1. The Morgan fingerprint density at radius 3 is 2.26 bits per heavy atom. The van der Waals surface area contributed by atoms with Crippen LogP contribution < -0.4 is 5.32 Å². The second-order valence-electron chi connectivity index (χ2n) is 6.16. The van der Waals surface area contributed by atoms with E-state index in [1.165, 1.54) is 0 Å². The quantitative estimate of drug-likeness (QED) is 0.461. The fraction of sp³-hybridized carbons (Fsp3) is 0.350. The first-order valence-electron chi connectivity index (χ1n) is 8.99. The van der Waals surface area contributed by atoms with Gasteiger partial charge in [0.2, 0.25) is 0 Å². The van der Waals surface area contributed by atoms with Crippen LogP contribution in [0, 0.1) is 0 Å². The molecule has 0 aliphatic carbocycles. The molecule has 0 saturated heterocycles. The van der Waals surface area contributed by atoms with Crippen LogP contribution in [0.2, 0.25) is 0 Å². The van der Waals surface area contributed by atoms with Crippen molar-refractivity contribution in [3.63, 3.8) is 0 Å². The number of hydrogen-bond acceptors (Lipinski definition) is 4. The maximum atomic E-state index is 12.7. The molecule has 2 N–H and O–H groups in total. The largest absolute Gasteiger partial charge is 0.445 e. The predicted molar refractivity (Wildman–Crippen MR) is 104 cm³/mol. The minimum absolute atomic E-state index is 0.0805. The zero-order chi connectivity index (χ0) is 19.5. The first-order valence-corrected chi connectivity index (χ1v) is 10.6. The van der Waals surface area contributed by atoms with Crippen molar-refractivity contribution in [2.45, 2.75) is 38.6 Å². The number of carbonyl (C=O) groups is 1. The lowest BCUT2D eigenvalue weighted by molar-refractivity contribution is 0.136. The summed E-state index contributed by atoms with van der Waals surface area (Å²) in [6.45, 7) is 2.21. The standard InChI is InChI=1S/C20H26NO5P/c1-2-3-14-26-27(23,24)19(15-17-10-6-4-7-11-17)21-20(22)25-16-18-12-8-5-9-13-18/h4-13,19H,2-3,14-16H2,1H3,(H,21,22)(H,23,24). The van der Waals surface area contributed by atoms with Gasteiger partial charge in [-0.05, 0) is 17.5 Å². The lowest BCUT2D eigenvalue weighted by atomic mass is 10.1. The minimum Gasteiger partial charge on any atom is -0.445 e. The molecular weight excluding hydrogens is 365 g/mol. The van der Waals surface area contributed by atoms with Crippen LogP contribution >= 0.6 is 7.60 Å². The average Bonchev–Trinajstić information content (AvgIpc) is 2.67. The number of amides is 1. The molecule has 2 aromatic carbocycles. The van der Waals surface area contributed by atoms with Crippen LogP contribution in [0.1, 0.15) is 30.9 Å². The molecule has 7 heteroatoms. The summed E-state index contributed by atoms with van der Waals surface area (Å²) in [5.41, 5.74) is 1.65. The molecule has 2 unspecified atom stereocenters. The highest BCUT2D eigenvalue weighted by atomic mass is 31.2. The average molecular weight is 391 g/mol. The van der Waals surface area contributed by atoms with Crippen molar-refractivity contribution in [3.8, 4) is 0 Å². The van der Waals surface area contributed by atoms with Gasteiger partial charge in [0, 0.05) is 6.42 Å². The SMILES string of the molecule is CCCCOP(=O)(O)C(Cc1ccccc1)NC(=O)OCc1ccccc1. The highest BCUT2D eigenvalue weighted by Crippen LogP contribution is 2.47. The van der Waals surface area contributed by atoms with E-state index in [1.807, 2.05) is 67.6 Å². The van der Waals surface area contributed by atoms with E-state index in [-0.39, 0.29) is 19.6 Å². The van der Waals surface area contributed by atoms with Gasteiger partial charge in [-0.2, -0.15) is 0 Å². The molecule has 0 bridgehead atoms. The molecule has 2 aromatic rings. The maximum Gasteiger partial charge on any atom is 0.408 e. The third-order valence-corrected chi connectivity index (χ3v) is 5.59. The molecule has 0 aliphatic rings. The zero-order valence-electron chi connectivity index (χ0n) is 15.4. The molecule has 0 saturated carbocycles. The Morgan fingerprint density at radius 1 is 1.07 bits per heavy atom. The Balaban J connectivity index is 2.01. The fourth-order valence-corrected chi connectivity index (χ4v) is 3.70. The lowest BCUT2D eigenvalue weighted by Gasteiger charge is -2.23. The zero-order valence-corrected chi connectivity index (χ0v) is 16.3. The van der Waals surface area contributed by atoms with Gasteiger partial charge in [-0.15, -0.1) is 0 Å². The number of ether oxygens (including phenoxy) is 1. The van der Waals surface area contributed by atoms with Crippen LogP contribution in [0.25, 0.3) is 0 Å². The van der Waals surface area contributed by atoms with Crippen LogP contribution in [0.15, 0.2) is 60.7 Å². The van der Waals surface area contributed by atoms with Crippen LogP contribution in [0.5, 0.6) is 0 Å². The van der Waals surface area contributed by atoms with Gasteiger partial charge >= 0.3 is 13.7 Å². The smallest absolute Gasteiger partial charge is 0.408 e. The summed E-state index contributed by atoms with van der Waals surface area (Å²) < 4.78 is 23.1. The van der Waals surface area contributed by atoms with Gasteiger partial charge in [0.1, 0.15) is 12.4 Å². The highest BCUT2D eigenvalue weighted by molar-refractivity contribution is 7.53. The molecule has 0 radical (unpaired) electrons. The number of alkyl carbamates (subject to hydrolysis) is 1. The topological polar surface area (TPSA) is 84.9 Å². The van der Waals surface area contributed by atoms with Gasteiger partial charge in [0.15, 0.2) is 0 Å². The van der Waals surface area contributed by atoms with E-state index in [1.54, 1.807) is 0 Å². The van der Waals surface area contributed by atoms with E-state index < -0.39 is 19.5 Å². The van der Waals surface area contributed by atoms with Crippen molar-refractivity contribution < 1.29 is 23.5 Å². The first kappa shape index (κ1) is 21.2. The second-order valence-corrected chi connectivity index (χ2v) is 8.17. The molecule has 0 spiro atoms. The summed E-state index contributed by atoms with van der Waals surface area (Å²) in [6.07, 6.45) is 0.922. The fourth-order valence-electron chi connectivity index (χ4n) is 2.42. The normalized spacial score (nSPS) is 14.1. The van der Waals surface area contributed by atoms with Gasteiger partial charge in [0.25, 0.3) is 0 Å². The van der Waals surface area contributed by atoms with Gasteiger partial charge in [-0.25, -0.2) is 4.79 Å². The van der Waals surface area contributed by atoms with Gasteiger partial charge in [-0.1, -0.05) is 74.0 Å². The van der Waals surface area contributed by atoms with Crippen molar-refractivity contribution in [1.82, 2.24) is 5.32 Å². The summed E-state index contributed by atoms with van der Waals surface area (Å²) in [6, 6.07) is 18.4. The Labute approximate surface area is 160 Å². The van der Waals surface area contributed by atoms with Crippen LogP contribution in [0.3, 0.4) is 0 Å². The highest BCUT2D eigenvalue weighted by Gasteiger charge is 2.34. The molecule has 0 heterocycles. The molecule has 1 amide bonds. The summed E-state index contributed by atoms with van der Waals surface area (Å²) in [4.78, 5) is 22.5. The Morgan fingerprint density at radius 2 is 1.67 bits per heavy atom. The van der Waals surface area contributed by atoms with E-state index in [0.717, 1.165) is 17.5 Å². The number of rotatable bonds is 10. The van der Waals surface area contributed by atoms with Gasteiger partial charge in [0.05, 0.1) is 6.61 Å². The van der Waals surface area contributed by atoms with Crippen LogP contribution in [-0.2, 0) is 26.9 Å². The van der Waals surface area contributed by atoms with Crippen molar-refractivity contribution in [3.05, 3.63) is 71.8 Å². The van der Waals surface area contributed by atoms with Crippen LogP contribution in [-0.4, -0.2) is 23.4 Å². The summed E-state index contributed by atoms with van der Waals surface area (Å²) >= 11 is 0. The number of hydrogen-bond donors (Lipinski definition) is 2. The molecule has 2 rings (SSSR count). The van der Waals surface area contributed by atoms with Crippen molar-refractivity contribution in [2.24, 2.45) is 0 Å². The lowest BCUT2D eigenvalue weighted by Crippen LogP contribution is -2.37. The minimum atomic E-state index is -4.06. The van der Waals surface area contributed by atoms with E-state index in [2.05, 4.69) is 5.32 Å². The number of unbranched alkanes of at least 4 members (excludes halogenated alkanes) is 1. The monoisotopic (exact) mass is 391 g/mol. The molecule has 6 nitrogen and oxygen atoms in total. The Kier molecular flexibility index (Phi) is 8.52. The number of benzene rings is 2. The molecule has 27 heavy (non-hydrogen) atoms. The molecule has 0 fully saturated rings. The maximum absolute atomic E-state index is 12.7. The molecule has 0 aromatic heterocycles. The summed E-state index contributed by atoms with van der Waals surface area (Å²) in [5, 5.41) is 2.50. The van der Waals surface area contributed by atoms with E-state index in [0.29, 0.717) is 6.42 Å². The molecular formula is C20H26NO5P. The first-order chi connectivity index (χ1) is 13.0. The van der Waals surface area contributed by atoms with Crippen molar-refractivity contribution >= 4 is 13.7 Å². The van der Waals surface area contributed by atoms with E-state index in [9.17, 15) is 14.3 Å². The Bertz CT molecular complexity index is 739. The Hall–Kier alpha value is -2.14. The predicted octanol–water partition coefficient (Wildman–Crippen LogP) is 4.48. The van der Waals surface area contributed by atoms with E-state index >= 15 is 0 Å². The van der Waals surface area contributed by atoms with Gasteiger partial charge in [-0.3, -0.25) is 4.57 Å². The number of carbonyl (C=O) groups excluding carboxylic acids is 1. The summed E-state index contributed by atoms with van der Waals surface area (Å²) in [5.74, 6) is -1.08. The summed E-state index contributed by atoms with van der Waals surface area (Å²) in [7, 11) is -4.06.